The largest absolute Gasteiger partial charge is 0.544 e. The van der Waals surface area contributed by atoms with Crippen LogP contribution in [-0.4, -0.2) is 36.4 Å². The molecule has 0 fully saturated rings. The zero-order valence-corrected chi connectivity index (χ0v) is 7.31. The Morgan fingerprint density at radius 1 is 1.62 bits per heavy atom. The quantitative estimate of drug-likeness (QED) is 0.366. The number of carbonyl (C=O) groups excluding carboxylic acids is 1. The number of carboxylic acids is 1. The molecular formula is C7H15N2O4+. The number of quaternary nitrogens is 2. The van der Waals surface area contributed by atoms with Gasteiger partial charge in [-0.05, 0) is 0 Å². The third kappa shape index (κ3) is 6.09. The Kier molecular flexibility index (Phi) is 5.86. The van der Waals surface area contributed by atoms with Crippen molar-refractivity contribution >= 4 is 5.97 Å². The Bertz CT molecular complexity index is 183. The van der Waals surface area contributed by atoms with E-state index in [2.05, 4.69) is 11.5 Å². The molecule has 0 unspecified atom stereocenters. The molecule has 0 radical (unpaired) electrons. The van der Waals surface area contributed by atoms with Crippen LogP contribution in [0.1, 0.15) is 0 Å². The van der Waals surface area contributed by atoms with E-state index in [1.807, 2.05) is 0 Å². The minimum atomic E-state index is -1.26. The fourth-order valence-electron chi connectivity index (χ4n) is 0.473. The van der Waals surface area contributed by atoms with Crippen molar-refractivity contribution in [2.24, 2.45) is 0 Å². The molecule has 0 saturated carbocycles. The average molecular weight is 191 g/mol. The second-order valence-corrected chi connectivity index (χ2v) is 2.64. The summed E-state index contributed by atoms with van der Waals surface area (Å²) in [5.41, 5.74) is 6.84. The molecule has 13 heavy (non-hydrogen) atoms. The maximum absolute atomic E-state index is 10.2. The van der Waals surface area contributed by atoms with Gasteiger partial charge >= 0.3 is 0 Å². The van der Waals surface area contributed by atoms with Gasteiger partial charge in [-0.2, -0.15) is 0 Å². The highest BCUT2D eigenvalue weighted by Gasteiger charge is 2.03. The summed E-state index contributed by atoms with van der Waals surface area (Å²) in [4.78, 5) is 10.2. The second kappa shape index (κ2) is 6.41. The van der Waals surface area contributed by atoms with Gasteiger partial charge in [0.2, 0.25) is 0 Å². The Labute approximate surface area is 75.8 Å². The zero-order valence-electron chi connectivity index (χ0n) is 7.31. The normalized spacial score (nSPS) is 15.6. The molecule has 0 aliphatic heterocycles. The molecule has 76 valence electrons. The number of carboxylic acid groups (broad SMARTS) is 1. The Hall–Kier alpha value is -1.11. The standard InChI is InChI=1S/C7H14N2O4/c8-5(3-10)4-13-2-1-6(9)7(11)12/h1-2,5-6,10H,3-4,8-9H2,(H,11,12)/p+1/b2-1+/t5-,6+/m1/s1. The van der Waals surface area contributed by atoms with Gasteiger partial charge < -0.3 is 31.2 Å². The molecular weight excluding hydrogens is 176 g/mol. The minimum Gasteiger partial charge on any atom is -0.544 e. The Morgan fingerprint density at radius 2 is 2.23 bits per heavy atom. The van der Waals surface area contributed by atoms with Gasteiger partial charge in [0.15, 0.2) is 0 Å². The summed E-state index contributed by atoms with van der Waals surface area (Å²) in [7, 11) is 0. The molecule has 0 aromatic rings. The van der Waals surface area contributed by atoms with Gasteiger partial charge in [0.05, 0.1) is 12.9 Å². The lowest BCUT2D eigenvalue weighted by molar-refractivity contribution is -0.431. The maximum atomic E-state index is 10.2. The van der Waals surface area contributed by atoms with E-state index in [9.17, 15) is 9.90 Å². The molecule has 7 N–H and O–H groups in total. The molecule has 0 aliphatic carbocycles. The molecule has 0 aliphatic rings. The van der Waals surface area contributed by atoms with Gasteiger partial charge in [-0.25, -0.2) is 0 Å². The molecule has 6 nitrogen and oxygen atoms in total. The maximum Gasteiger partial charge on any atom is 0.146 e. The van der Waals surface area contributed by atoms with Crippen molar-refractivity contribution in [1.82, 2.24) is 0 Å². The van der Waals surface area contributed by atoms with Crippen LogP contribution >= 0.6 is 0 Å². The van der Waals surface area contributed by atoms with Gasteiger partial charge in [-0.1, -0.05) is 0 Å². The molecule has 0 spiro atoms. The molecule has 0 rings (SSSR count). The minimum absolute atomic E-state index is 0.0673. The summed E-state index contributed by atoms with van der Waals surface area (Å²) in [6, 6.07) is -1.13. The zero-order chi connectivity index (χ0) is 10.3. The third-order valence-electron chi connectivity index (χ3n) is 1.30. The molecule has 0 heterocycles. The Balaban J connectivity index is 3.57. The van der Waals surface area contributed by atoms with E-state index in [-0.39, 0.29) is 19.3 Å². The van der Waals surface area contributed by atoms with E-state index < -0.39 is 12.0 Å². The van der Waals surface area contributed by atoms with Crippen LogP contribution in [-0.2, 0) is 9.53 Å². The molecule has 0 bridgehead atoms. The van der Waals surface area contributed by atoms with Crippen molar-refractivity contribution in [2.45, 2.75) is 12.1 Å². The number of rotatable bonds is 6. The monoisotopic (exact) mass is 191 g/mol. The first-order valence-electron chi connectivity index (χ1n) is 3.84. The first-order valence-corrected chi connectivity index (χ1v) is 3.84. The summed E-state index contributed by atoms with van der Waals surface area (Å²) in [5.74, 6) is -1.26. The van der Waals surface area contributed by atoms with Crippen molar-refractivity contribution in [3.8, 4) is 0 Å². The van der Waals surface area contributed by atoms with Gasteiger partial charge in [-0.3, -0.25) is 0 Å². The summed E-state index contributed by atoms with van der Waals surface area (Å²) in [6.45, 7) is 0.175. The number of aliphatic hydroxyl groups is 1. The first-order chi connectivity index (χ1) is 6.07. The topological polar surface area (TPSA) is 125 Å². The number of carbonyl (C=O) groups is 1. The lowest BCUT2D eigenvalue weighted by Gasteiger charge is -2.05. The highest BCUT2D eigenvalue weighted by molar-refractivity contribution is 5.71. The number of aliphatic carboxylic acids is 1. The van der Waals surface area contributed by atoms with Gasteiger partial charge in [0, 0.05) is 6.08 Å². The molecule has 0 aromatic carbocycles. The van der Waals surface area contributed by atoms with Crippen molar-refractivity contribution < 1.29 is 31.2 Å². The van der Waals surface area contributed by atoms with Crippen molar-refractivity contribution in [1.29, 1.82) is 0 Å². The highest BCUT2D eigenvalue weighted by Crippen LogP contribution is 1.83. The smallest absolute Gasteiger partial charge is 0.146 e. The van der Waals surface area contributed by atoms with E-state index in [1.54, 1.807) is 0 Å². The van der Waals surface area contributed by atoms with Crippen molar-refractivity contribution in [3.05, 3.63) is 12.3 Å². The SMILES string of the molecule is [NH3+][C@H](CO)CO/C=C/[C@H]([NH3+])C(=O)[O-]. The van der Waals surface area contributed by atoms with E-state index >= 15 is 0 Å². The van der Waals surface area contributed by atoms with Crippen LogP contribution < -0.4 is 16.6 Å². The average Bonchev–Trinajstić information content (AvgIpc) is 2.11. The fourth-order valence-corrected chi connectivity index (χ4v) is 0.473. The van der Waals surface area contributed by atoms with Crippen LogP contribution in [0.3, 0.4) is 0 Å². The van der Waals surface area contributed by atoms with E-state index in [4.69, 9.17) is 9.84 Å². The Morgan fingerprint density at radius 3 is 2.69 bits per heavy atom. The fraction of sp³-hybridized carbons (Fsp3) is 0.571. The molecule has 2 atom stereocenters. The number of hydrogen-bond acceptors (Lipinski definition) is 4. The molecule has 0 aromatic heterocycles. The molecule has 0 saturated heterocycles. The lowest BCUT2D eigenvalue weighted by atomic mass is 10.3. The summed E-state index contributed by atoms with van der Waals surface area (Å²) in [5, 5.41) is 18.7. The van der Waals surface area contributed by atoms with Crippen LogP contribution in [0, 0.1) is 0 Å². The van der Waals surface area contributed by atoms with Crippen molar-refractivity contribution in [3.63, 3.8) is 0 Å². The van der Waals surface area contributed by atoms with E-state index in [1.165, 1.54) is 12.3 Å². The van der Waals surface area contributed by atoms with Gasteiger partial charge in [-0.15, -0.1) is 0 Å². The number of hydrogen-bond donors (Lipinski definition) is 3. The highest BCUT2D eigenvalue weighted by atomic mass is 16.5. The van der Waals surface area contributed by atoms with Gasteiger partial charge in [0.1, 0.15) is 24.7 Å². The van der Waals surface area contributed by atoms with Crippen molar-refractivity contribution in [2.75, 3.05) is 13.2 Å². The first kappa shape index (κ1) is 11.9. The third-order valence-corrected chi connectivity index (χ3v) is 1.30. The molecule has 0 amide bonds. The van der Waals surface area contributed by atoms with Crippen LogP contribution in [0.15, 0.2) is 12.3 Å². The molecule has 6 heteroatoms. The van der Waals surface area contributed by atoms with Crippen LogP contribution in [0.4, 0.5) is 0 Å². The number of ether oxygens (including phenoxy) is 1. The van der Waals surface area contributed by atoms with E-state index in [0.29, 0.717) is 0 Å². The number of aliphatic hydroxyl groups excluding tert-OH is 1. The van der Waals surface area contributed by atoms with Crippen LogP contribution in [0.5, 0.6) is 0 Å². The predicted molar refractivity (Wildman–Crippen MR) is 40.5 cm³/mol. The van der Waals surface area contributed by atoms with Crippen LogP contribution in [0.2, 0.25) is 0 Å². The summed E-state index contributed by atoms with van der Waals surface area (Å²) >= 11 is 0. The summed E-state index contributed by atoms with van der Waals surface area (Å²) < 4.78 is 4.87. The van der Waals surface area contributed by atoms with E-state index in [0.717, 1.165) is 0 Å². The van der Waals surface area contributed by atoms with Gasteiger partial charge in [0.25, 0.3) is 0 Å². The van der Waals surface area contributed by atoms with Crippen LogP contribution in [0.25, 0.3) is 0 Å². The predicted octanol–water partition coefficient (Wildman–Crippen LogP) is -4.52. The summed E-state index contributed by atoms with van der Waals surface area (Å²) in [6.07, 6.45) is 2.49. The lowest BCUT2D eigenvalue weighted by Crippen LogP contribution is -2.67. The second-order valence-electron chi connectivity index (χ2n) is 2.64.